The van der Waals surface area contributed by atoms with Crippen LogP contribution in [0.1, 0.15) is 49.3 Å². The number of likely N-dealkylation sites (tertiary alicyclic amines) is 1. The lowest BCUT2D eigenvalue weighted by atomic mass is 9.83. The third kappa shape index (κ3) is 5.03. The van der Waals surface area contributed by atoms with Gasteiger partial charge in [-0.3, -0.25) is 4.99 Å². The predicted octanol–water partition coefficient (Wildman–Crippen LogP) is 5.34. The van der Waals surface area contributed by atoms with Crippen LogP contribution in [0.3, 0.4) is 0 Å². The van der Waals surface area contributed by atoms with E-state index in [1.54, 1.807) is 12.4 Å². The van der Waals surface area contributed by atoms with Gasteiger partial charge in [0.2, 0.25) is 5.28 Å². The van der Waals surface area contributed by atoms with E-state index in [4.69, 9.17) is 17.3 Å². The van der Waals surface area contributed by atoms with E-state index in [-0.39, 0.29) is 5.28 Å². The van der Waals surface area contributed by atoms with Gasteiger partial charge < -0.3 is 15.2 Å². The third-order valence-electron chi connectivity index (χ3n) is 7.60. The van der Waals surface area contributed by atoms with Crippen molar-refractivity contribution < 1.29 is 0 Å². The molecular formula is C27H33ClN6. The number of piperidine rings is 1. The van der Waals surface area contributed by atoms with E-state index < -0.39 is 0 Å². The Bertz CT molecular complexity index is 1180. The largest absolute Gasteiger partial charge is 0.398 e. The molecule has 2 atom stereocenters. The Morgan fingerprint density at radius 1 is 1.15 bits per heavy atom. The monoisotopic (exact) mass is 476 g/mol. The Hall–Kier alpha value is -2.70. The quantitative estimate of drug-likeness (QED) is 0.385. The van der Waals surface area contributed by atoms with Crippen molar-refractivity contribution in [3.63, 3.8) is 0 Å². The fraction of sp³-hybridized carbons (Fsp3) is 0.444. The van der Waals surface area contributed by atoms with Gasteiger partial charge in [-0.2, -0.15) is 4.98 Å². The van der Waals surface area contributed by atoms with Crippen LogP contribution in [0.5, 0.6) is 0 Å². The first kappa shape index (κ1) is 23.1. The second-order valence-electron chi connectivity index (χ2n) is 9.79. The second-order valence-corrected chi connectivity index (χ2v) is 10.1. The maximum atomic E-state index is 6.51. The molecule has 2 aromatic heterocycles. The maximum absolute atomic E-state index is 6.51. The van der Waals surface area contributed by atoms with Gasteiger partial charge in [0.15, 0.2) is 0 Å². The van der Waals surface area contributed by atoms with E-state index in [0.29, 0.717) is 18.3 Å². The van der Waals surface area contributed by atoms with Gasteiger partial charge in [-0.25, -0.2) is 4.98 Å². The van der Waals surface area contributed by atoms with Crippen LogP contribution in [-0.2, 0) is 6.54 Å². The fourth-order valence-electron chi connectivity index (χ4n) is 5.65. The Morgan fingerprint density at radius 3 is 2.74 bits per heavy atom. The molecule has 2 fully saturated rings. The van der Waals surface area contributed by atoms with Crippen molar-refractivity contribution >= 4 is 34.5 Å². The van der Waals surface area contributed by atoms with Gasteiger partial charge in [-0.05, 0) is 87.3 Å². The number of fused-ring (bicyclic) bond motifs is 1. The lowest BCUT2D eigenvalue weighted by Crippen LogP contribution is -2.32. The van der Waals surface area contributed by atoms with Crippen LogP contribution < -0.4 is 5.73 Å². The topological polar surface area (TPSA) is 72.3 Å². The zero-order valence-electron chi connectivity index (χ0n) is 19.8. The maximum Gasteiger partial charge on any atom is 0.224 e. The molecule has 2 aliphatic rings. The standard InChI is InChI=1S/C27H33ClN6/c1-33-13-10-20(11-14-33)21-7-8-22(15-21)34-18-24(23-17-31-27(28)32-26(23)34)25(29)9-12-30-16-19-5-3-2-4-6-19/h2-6,9,12,17-18,20-22H,7-8,10-11,13-16,29H2,1H3/b25-9-,30-12?. The molecule has 1 aliphatic carbocycles. The number of hydrogen-bond acceptors (Lipinski definition) is 5. The van der Waals surface area contributed by atoms with Gasteiger partial charge in [0.25, 0.3) is 0 Å². The molecule has 6 nitrogen and oxygen atoms in total. The minimum atomic E-state index is 0.273. The molecule has 1 aliphatic heterocycles. The van der Waals surface area contributed by atoms with Crippen LogP contribution in [0.4, 0.5) is 0 Å². The van der Waals surface area contributed by atoms with Crippen LogP contribution >= 0.6 is 11.6 Å². The normalized spacial score (nSPS) is 22.8. The highest BCUT2D eigenvalue weighted by Gasteiger charge is 2.34. The zero-order chi connectivity index (χ0) is 23.5. The minimum Gasteiger partial charge on any atom is -0.398 e. The second kappa shape index (κ2) is 10.3. The highest BCUT2D eigenvalue weighted by atomic mass is 35.5. The van der Waals surface area contributed by atoms with E-state index >= 15 is 0 Å². The van der Waals surface area contributed by atoms with Crippen LogP contribution in [0.2, 0.25) is 5.28 Å². The smallest absolute Gasteiger partial charge is 0.224 e. The number of aromatic nitrogens is 3. The summed E-state index contributed by atoms with van der Waals surface area (Å²) in [5.74, 6) is 1.63. The first-order valence-electron chi connectivity index (χ1n) is 12.3. The van der Waals surface area contributed by atoms with Gasteiger partial charge in [0.05, 0.1) is 6.54 Å². The zero-order valence-corrected chi connectivity index (χ0v) is 20.5. The average Bonchev–Trinajstić information content (AvgIpc) is 3.48. The summed E-state index contributed by atoms with van der Waals surface area (Å²) in [5, 5.41) is 1.22. The molecule has 0 radical (unpaired) electrons. The first-order chi connectivity index (χ1) is 16.6. The summed E-state index contributed by atoms with van der Waals surface area (Å²) in [6.07, 6.45) is 13.9. The van der Waals surface area contributed by atoms with Crippen LogP contribution in [0.15, 0.2) is 53.8 Å². The molecule has 0 spiro atoms. The number of allylic oxidation sites excluding steroid dienone is 1. The summed E-state index contributed by atoms with van der Waals surface area (Å²) in [4.78, 5) is 15.8. The van der Waals surface area contributed by atoms with Crippen molar-refractivity contribution in [2.45, 2.75) is 44.7 Å². The van der Waals surface area contributed by atoms with Crippen LogP contribution in [0, 0.1) is 11.8 Å². The number of hydrogen-bond donors (Lipinski definition) is 1. The molecule has 1 saturated carbocycles. The van der Waals surface area contributed by atoms with Crippen molar-refractivity contribution in [1.29, 1.82) is 0 Å². The molecule has 5 rings (SSSR count). The summed E-state index contributed by atoms with van der Waals surface area (Å²) in [6.45, 7) is 3.07. The van der Waals surface area contributed by atoms with Gasteiger partial charge in [-0.15, -0.1) is 0 Å². The molecule has 0 amide bonds. The molecule has 2 N–H and O–H groups in total. The summed E-state index contributed by atoms with van der Waals surface area (Å²) >= 11 is 6.20. The van der Waals surface area contributed by atoms with E-state index in [1.165, 1.54) is 50.8 Å². The molecule has 3 aromatic rings. The van der Waals surface area contributed by atoms with Crippen molar-refractivity contribution in [2.75, 3.05) is 20.1 Å². The van der Waals surface area contributed by atoms with Gasteiger partial charge in [0.1, 0.15) is 5.65 Å². The molecule has 2 unspecified atom stereocenters. The predicted molar refractivity (Wildman–Crippen MR) is 140 cm³/mol. The lowest BCUT2D eigenvalue weighted by molar-refractivity contribution is 0.170. The lowest BCUT2D eigenvalue weighted by Gasteiger charge is -2.32. The van der Waals surface area contributed by atoms with Crippen LogP contribution in [0.25, 0.3) is 16.7 Å². The fourth-order valence-corrected chi connectivity index (χ4v) is 5.78. The van der Waals surface area contributed by atoms with Crippen molar-refractivity contribution in [3.8, 4) is 0 Å². The van der Waals surface area contributed by atoms with E-state index in [0.717, 1.165) is 28.4 Å². The number of aliphatic imine (C=N–C) groups is 1. The molecule has 7 heteroatoms. The van der Waals surface area contributed by atoms with Gasteiger partial charge >= 0.3 is 0 Å². The van der Waals surface area contributed by atoms with Crippen molar-refractivity contribution in [1.82, 2.24) is 19.4 Å². The molecule has 34 heavy (non-hydrogen) atoms. The summed E-state index contributed by atoms with van der Waals surface area (Å²) in [6, 6.07) is 10.6. The SMILES string of the molecule is CN1CCC(C2CCC(n3cc(/C(N)=C/C=NCc4ccccc4)c4cnc(Cl)nc43)C2)CC1. The van der Waals surface area contributed by atoms with E-state index in [9.17, 15) is 0 Å². The number of rotatable bonds is 6. The minimum absolute atomic E-state index is 0.273. The molecule has 1 saturated heterocycles. The number of benzene rings is 1. The summed E-state index contributed by atoms with van der Waals surface area (Å²) < 4.78 is 2.30. The summed E-state index contributed by atoms with van der Waals surface area (Å²) in [5.41, 5.74) is 10.2. The van der Waals surface area contributed by atoms with E-state index in [2.05, 4.69) is 49.8 Å². The van der Waals surface area contributed by atoms with Gasteiger partial charge in [-0.1, -0.05) is 30.3 Å². The first-order valence-corrected chi connectivity index (χ1v) is 12.7. The molecule has 3 heterocycles. The van der Waals surface area contributed by atoms with Crippen LogP contribution in [-0.4, -0.2) is 45.8 Å². The third-order valence-corrected chi connectivity index (χ3v) is 7.78. The Kier molecular flexibility index (Phi) is 6.97. The van der Waals surface area contributed by atoms with Gasteiger partial charge in [0, 0.05) is 41.3 Å². The Labute approximate surface area is 206 Å². The number of halogens is 1. The number of nitrogens with two attached hydrogens (primary N) is 1. The molecule has 178 valence electrons. The molecule has 1 aromatic carbocycles. The molecular weight excluding hydrogens is 444 g/mol. The highest BCUT2D eigenvalue weighted by Crippen LogP contribution is 2.43. The van der Waals surface area contributed by atoms with E-state index in [1.807, 2.05) is 24.3 Å². The average molecular weight is 477 g/mol. The molecule has 0 bridgehead atoms. The van der Waals surface area contributed by atoms with Crippen molar-refractivity contribution in [3.05, 3.63) is 65.2 Å². The Balaban J connectivity index is 1.36. The summed E-state index contributed by atoms with van der Waals surface area (Å²) in [7, 11) is 2.23. The van der Waals surface area contributed by atoms with Crippen molar-refractivity contribution in [2.24, 2.45) is 22.6 Å². The highest BCUT2D eigenvalue weighted by molar-refractivity contribution is 6.28. The number of nitrogens with zero attached hydrogens (tertiary/aromatic N) is 5. The Morgan fingerprint density at radius 2 is 1.94 bits per heavy atom.